The Morgan fingerprint density at radius 3 is 1.54 bits per heavy atom. The second kappa shape index (κ2) is 7.65. The Balaban J connectivity index is 1.39. The molecule has 6 nitrogen and oxygen atoms in total. The van der Waals surface area contributed by atoms with Crippen LogP contribution in [0.5, 0.6) is 0 Å². The third-order valence-corrected chi connectivity index (χ3v) is 4.67. The van der Waals surface area contributed by atoms with Gasteiger partial charge in [0.05, 0.1) is 24.3 Å². The van der Waals surface area contributed by atoms with Gasteiger partial charge in [-0.15, -0.1) is 0 Å². The zero-order valence-electron chi connectivity index (χ0n) is 14.5. The Morgan fingerprint density at radius 1 is 0.750 bits per heavy atom. The van der Waals surface area contributed by atoms with E-state index in [-0.39, 0.29) is 24.3 Å². The lowest BCUT2D eigenvalue weighted by atomic mass is 10.1. The Labute approximate surface area is 159 Å². The molecule has 2 aliphatic rings. The summed E-state index contributed by atoms with van der Waals surface area (Å²) in [5, 5.41) is 0. The van der Waals surface area contributed by atoms with Crippen LogP contribution in [0.1, 0.15) is 20.7 Å². The summed E-state index contributed by atoms with van der Waals surface area (Å²) in [4.78, 5) is 24.4. The third kappa shape index (κ3) is 3.48. The van der Waals surface area contributed by atoms with Gasteiger partial charge in [-0.2, -0.15) is 0 Å². The Hall–Kier alpha value is -2.84. The van der Waals surface area contributed by atoms with Gasteiger partial charge < -0.3 is 18.9 Å². The normalized spacial score (nSPS) is 25.9. The van der Waals surface area contributed by atoms with Crippen LogP contribution in [0.4, 0.5) is 8.78 Å². The number of hydrogen-bond donors (Lipinski definition) is 0. The van der Waals surface area contributed by atoms with Crippen molar-refractivity contribution in [1.29, 1.82) is 0 Å². The predicted molar refractivity (Wildman–Crippen MR) is 90.7 cm³/mol. The zero-order chi connectivity index (χ0) is 19.7. The van der Waals surface area contributed by atoms with Crippen LogP contribution in [0.15, 0.2) is 48.5 Å². The summed E-state index contributed by atoms with van der Waals surface area (Å²) in [5.41, 5.74) is -0.377. The molecule has 0 N–H and O–H groups in total. The molecule has 0 saturated carbocycles. The minimum atomic E-state index is -0.831. The molecule has 0 aromatic heterocycles. The van der Waals surface area contributed by atoms with E-state index in [1.54, 1.807) is 0 Å². The highest BCUT2D eigenvalue weighted by Gasteiger charge is 2.51. The Bertz CT molecular complexity index is 828. The summed E-state index contributed by atoms with van der Waals surface area (Å²) in [7, 11) is 0. The molecule has 2 aliphatic heterocycles. The molecule has 0 spiro atoms. The first-order chi connectivity index (χ1) is 13.5. The van der Waals surface area contributed by atoms with E-state index in [0.717, 1.165) is 12.1 Å². The van der Waals surface area contributed by atoms with Crippen LogP contribution in [0, 0.1) is 11.6 Å². The molecule has 146 valence electrons. The average molecular weight is 390 g/mol. The zero-order valence-corrected chi connectivity index (χ0v) is 14.5. The van der Waals surface area contributed by atoms with Gasteiger partial charge in [-0.1, -0.05) is 24.3 Å². The van der Waals surface area contributed by atoms with Gasteiger partial charge in [0.2, 0.25) is 0 Å². The van der Waals surface area contributed by atoms with E-state index in [0.29, 0.717) is 0 Å². The molecule has 2 fully saturated rings. The Morgan fingerprint density at radius 2 is 1.14 bits per heavy atom. The Kier molecular flexibility index (Phi) is 5.06. The van der Waals surface area contributed by atoms with Crippen LogP contribution in [-0.2, 0) is 18.9 Å². The second-order valence-electron chi connectivity index (χ2n) is 6.44. The van der Waals surface area contributed by atoms with E-state index in [9.17, 15) is 18.4 Å². The molecular formula is C20H16F2O6. The molecule has 0 amide bonds. The molecule has 4 atom stereocenters. The van der Waals surface area contributed by atoms with Crippen molar-refractivity contribution in [3.05, 3.63) is 71.3 Å². The SMILES string of the molecule is O=C(O[C@H]1CO[C@H]2[C@@H]1OC[C@H]2OC(=O)c1ccccc1F)c1ccccc1F. The average Bonchev–Trinajstić information content (AvgIpc) is 3.26. The summed E-state index contributed by atoms with van der Waals surface area (Å²) in [5.74, 6) is -3.04. The quantitative estimate of drug-likeness (QED) is 0.748. The molecule has 4 rings (SSSR count). The lowest BCUT2D eigenvalue weighted by Gasteiger charge is -2.17. The lowest BCUT2D eigenvalue weighted by molar-refractivity contribution is -0.0290. The van der Waals surface area contributed by atoms with Gasteiger partial charge in [0.25, 0.3) is 0 Å². The number of rotatable bonds is 4. The fraction of sp³-hybridized carbons (Fsp3) is 0.300. The van der Waals surface area contributed by atoms with Crippen molar-refractivity contribution in [2.24, 2.45) is 0 Å². The van der Waals surface area contributed by atoms with Crippen LogP contribution in [0.2, 0.25) is 0 Å². The van der Waals surface area contributed by atoms with E-state index in [1.807, 2.05) is 0 Å². The number of carbonyl (C=O) groups excluding carboxylic acids is 2. The standard InChI is InChI=1S/C20H16F2O6/c21-13-7-3-1-5-11(13)19(23)27-15-9-25-18-16(10-26-17(15)18)28-20(24)12-6-2-4-8-14(12)22/h1-8,15-18H,9-10H2/t15-,16+,17-,18-/m1/s1. The number of carbonyl (C=O) groups is 2. The van der Waals surface area contributed by atoms with Gasteiger partial charge >= 0.3 is 11.9 Å². The molecule has 0 radical (unpaired) electrons. The summed E-state index contributed by atoms with van der Waals surface area (Å²) in [6, 6.07) is 10.9. The minimum Gasteiger partial charge on any atom is -0.453 e. The highest BCUT2D eigenvalue weighted by molar-refractivity contribution is 5.90. The molecule has 0 unspecified atom stereocenters. The molecule has 2 aromatic rings. The number of esters is 2. The molecule has 8 heteroatoms. The van der Waals surface area contributed by atoms with Crippen molar-refractivity contribution in [3.8, 4) is 0 Å². The largest absolute Gasteiger partial charge is 0.453 e. The predicted octanol–water partition coefficient (Wildman–Crippen LogP) is 2.51. The van der Waals surface area contributed by atoms with E-state index in [4.69, 9.17) is 18.9 Å². The maximum Gasteiger partial charge on any atom is 0.341 e. The summed E-state index contributed by atoms with van der Waals surface area (Å²) < 4.78 is 49.2. The van der Waals surface area contributed by atoms with Crippen LogP contribution < -0.4 is 0 Å². The topological polar surface area (TPSA) is 71.1 Å². The fourth-order valence-electron chi connectivity index (χ4n) is 3.29. The van der Waals surface area contributed by atoms with Gasteiger partial charge in [-0.3, -0.25) is 0 Å². The number of fused-ring (bicyclic) bond motifs is 1. The van der Waals surface area contributed by atoms with Crippen molar-refractivity contribution >= 4 is 11.9 Å². The number of hydrogen-bond acceptors (Lipinski definition) is 6. The van der Waals surface area contributed by atoms with Crippen LogP contribution in [0.3, 0.4) is 0 Å². The molecule has 28 heavy (non-hydrogen) atoms. The first-order valence-corrected chi connectivity index (χ1v) is 8.69. The first kappa shape index (κ1) is 18.5. The number of halogens is 2. The van der Waals surface area contributed by atoms with Crippen LogP contribution in [0.25, 0.3) is 0 Å². The monoisotopic (exact) mass is 390 g/mol. The minimum absolute atomic E-state index is 0.0171. The second-order valence-corrected chi connectivity index (χ2v) is 6.44. The highest BCUT2D eigenvalue weighted by atomic mass is 19.1. The van der Waals surface area contributed by atoms with E-state index in [2.05, 4.69) is 0 Å². The fourth-order valence-corrected chi connectivity index (χ4v) is 3.29. The van der Waals surface area contributed by atoms with Gasteiger partial charge in [-0.05, 0) is 24.3 Å². The summed E-state index contributed by atoms with van der Waals surface area (Å²) in [6.07, 6.45) is -2.85. The smallest absolute Gasteiger partial charge is 0.341 e. The van der Waals surface area contributed by atoms with Gasteiger partial charge in [-0.25, -0.2) is 18.4 Å². The van der Waals surface area contributed by atoms with Gasteiger partial charge in [0, 0.05) is 0 Å². The maximum absolute atomic E-state index is 13.7. The van der Waals surface area contributed by atoms with Crippen molar-refractivity contribution in [1.82, 2.24) is 0 Å². The highest BCUT2D eigenvalue weighted by Crippen LogP contribution is 2.31. The van der Waals surface area contributed by atoms with Crippen molar-refractivity contribution in [2.75, 3.05) is 13.2 Å². The van der Waals surface area contributed by atoms with Crippen LogP contribution >= 0.6 is 0 Å². The van der Waals surface area contributed by atoms with E-state index >= 15 is 0 Å². The van der Waals surface area contributed by atoms with Gasteiger partial charge in [0.1, 0.15) is 23.8 Å². The van der Waals surface area contributed by atoms with E-state index in [1.165, 1.54) is 36.4 Å². The molecule has 2 saturated heterocycles. The molecule has 0 bridgehead atoms. The third-order valence-electron chi connectivity index (χ3n) is 4.67. The molecule has 2 aromatic carbocycles. The number of ether oxygens (including phenoxy) is 4. The summed E-state index contributed by atoms with van der Waals surface area (Å²) >= 11 is 0. The number of benzene rings is 2. The van der Waals surface area contributed by atoms with Crippen molar-refractivity contribution in [2.45, 2.75) is 24.4 Å². The molecular weight excluding hydrogens is 374 g/mol. The summed E-state index contributed by atoms with van der Waals surface area (Å²) in [6.45, 7) is 0.0343. The van der Waals surface area contributed by atoms with E-state index < -0.39 is 48.0 Å². The van der Waals surface area contributed by atoms with Gasteiger partial charge in [0.15, 0.2) is 12.2 Å². The van der Waals surface area contributed by atoms with Crippen molar-refractivity contribution in [3.63, 3.8) is 0 Å². The van der Waals surface area contributed by atoms with Crippen molar-refractivity contribution < 1.29 is 37.3 Å². The maximum atomic E-state index is 13.7. The first-order valence-electron chi connectivity index (χ1n) is 8.69. The molecule has 2 heterocycles. The van der Waals surface area contributed by atoms with Crippen LogP contribution in [-0.4, -0.2) is 49.6 Å². The molecule has 0 aliphatic carbocycles. The lowest BCUT2D eigenvalue weighted by Crippen LogP contribution is -2.36.